The number of rotatable bonds is 6. The van der Waals surface area contributed by atoms with Gasteiger partial charge in [0.1, 0.15) is 11.5 Å². The molecule has 1 aliphatic heterocycles. The maximum atomic E-state index is 13.3. The van der Waals surface area contributed by atoms with E-state index in [9.17, 15) is 9.67 Å². The van der Waals surface area contributed by atoms with Gasteiger partial charge in [0.05, 0.1) is 37.9 Å². The number of anilines is 1. The number of aromatic hydroxyl groups is 1. The number of aryl methyl sites for hydroxylation is 3. The van der Waals surface area contributed by atoms with E-state index in [1.54, 1.807) is 25.3 Å². The normalized spacial score (nSPS) is 16.9. The van der Waals surface area contributed by atoms with Gasteiger partial charge >= 0.3 is 7.60 Å². The minimum Gasteiger partial charge on any atom is -0.504 e. The zero-order chi connectivity index (χ0) is 19.6. The molecule has 0 amide bonds. The highest BCUT2D eigenvalue weighted by molar-refractivity contribution is 7.54. The van der Waals surface area contributed by atoms with Gasteiger partial charge in [0.15, 0.2) is 11.5 Å². The van der Waals surface area contributed by atoms with Gasteiger partial charge in [0.25, 0.3) is 0 Å². The molecule has 3 rings (SSSR count). The summed E-state index contributed by atoms with van der Waals surface area (Å²) in [6.45, 7) is 6.32. The molecule has 0 radical (unpaired) electrons. The van der Waals surface area contributed by atoms with Crippen LogP contribution in [0, 0.1) is 20.8 Å². The average Bonchev–Trinajstić information content (AvgIpc) is 3.07. The van der Waals surface area contributed by atoms with Crippen LogP contribution in [-0.2, 0) is 13.6 Å². The van der Waals surface area contributed by atoms with Crippen molar-refractivity contribution >= 4 is 13.3 Å². The quantitative estimate of drug-likeness (QED) is 0.719. The predicted octanol–water partition coefficient (Wildman–Crippen LogP) is 3.51. The van der Waals surface area contributed by atoms with Crippen molar-refractivity contribution < 1.29 is 23.5 Å². The number of hydrogen-bond donors (Lipinski definition) is 2. The van der Waals surface area contributed by atoms with Crippen molar-refractivity contribution in [2.24, 2.45) is 0 Å². The smallest absolute Gasteiger partial charge is 0.340 e. The summed E-state index contributed by atoms with van der Waals surface area (Å²) in [6.07, 6.45) is 1.70. The fourth-order valence-electron chi connectivity index (χ4n) is 3.04. The number of methoxy groups -OCH3 is 1. The summed E-state index contributed by atoms with van der Waals surface area (Å²) in [5.74, 6) is 1.06. The van der Waals surface area contributed by atoms with E-state index >= 15 is 0 Å². The van der Waals surface area contributed by atoms with E-state index in [2.05, 4.69) is 15.3 Å². The van der Waals surface area contributed by atoms with Crippen LogP contribution >= 0.6 is 7.60 Å². The van der Waals surface area contributed by atoms with Gasteiger partial charge in [-0.05, 0) is 38.0 Å². The van der Waals surface area contributed by atoms with Gasteiger partial charge in [-0.25, -0.2) is 9.97 Å². The Labute approximate surface area is 158 Å². The van der Waals surface area contributed by atoms with Crippen molar-refractivity contribution in [2.45, 2.75) is 26.4 Å². The van der Waals surface area contributed by atoms with Crippen molar-refractivity contribution in [3.05, 3.63) is 41.0 Å². The number of phenols is 1. The first kappa shape index (κ1) is 19.6. The van der Waals surface area contributed by atoms with E-state index in [1.807, 2.05) is 13.8 Å². The first-order valence-electron chi connectivity index (χ1n) is 8.64. The van der Waals surface area contributed by atoms with Crippen LogP contribution in [0.25, 0.3) is 0 Å². The number of nitrogens with zero attached hydrogens (tertiary/aromatic N) is 2. The minimum absolute atomic E-state index is 0.0577. The molecule has 1 aromatic carbocycles. The van der Waals surface area contributed by atoms with Gasteiger partial charge in [0.2, 0.25) is 0 Å². The molecule has 1 saturated heterocycles. The van der Waals surface area contributed by atoms with Gasteiger partial charge in [0, 0.05) is 6.54 Å². The third kappa shape index (κ3) is 4.08. The van der Waals surface area contributed by atoms with E-state index in [4.69, 9.17) is 13.8 Å². The largest absolute Gasteiger partial charge is 0.504 e. The summed E-state index contributed by atoms with van der Waals surface area (Å²) in [6, 6.07) is 3.44. The van der Waals surface area contributed by atoms with Crippen molar-refractivity contribution in [1.29, 1.82) is 0 Å². The third-order valence-electron chi connectivity index (χ3n) is 4.49. The van der Waals surface area contributed by atoms with Gasteiger partial charge < -0.3 is 24.2 Å². The summed E-state index contributed by atoms with van der Waals surface area (Å²) in [7, 11) is -1.89. The van der Waals surface area contributed by atoms with Crippen LogP contribution in [0.15, 0.2) is 18.3 Å². The monoisotopic (exact) mass is 393 g/mol. The molecule has 1 unspecified atom stereocenters. The van der Waals surface area contributed by atoms with Crippen LogP contribution in [0.4, 0.5) is 5.69 Å². The average molecular weight is 393 g/mol. The van der Waals surface area contributed by atoms with E-state index in [-0.39, 0.29) is 25.5 Å². The maximum Gasteiger partial charge on any atom is 0.340 e. The Morgan fingerprint density at radius 3 is 2.63 bits per heavy atom. The molecule has 0 spiro atoms. The first-order valence-corrected chi connectivity index (χ1v) is 10.3. The Morgan fingerprint density at radius 1 is 1.30 bits per heavy atom. The molecule has 1 atom stereocenters. The van der Waals surface area contributed by atoms with Crippen LogP contribution in [-0.4, -0.2) is 41.9 Å². The van der Waals surface area contributed by atoms with Gasteiger partial charge in [-0.1, -0.05) is 6.07 Å². The van der Waals surface area contributed by atoms with E-state index in [0.29, 0.717) is 22.7 Å². The Bertz CT molecular complexity index is 880. The Morgan fingerprint density at radius 2 is 2.00 bits per heavy atom. The van der Waals surface area contributed by atoms with Crippen molar-refractivity contribution in [3.63, 3.8) is 0 Å². The second-order valence-corrected chi connectivity index (χ2v) is 8.63. The summed E-state index contributed by atoms with van der Waals surface area (Å²) in [5, 5.41) is 13.4. The van der Waals surface area contributed by atoms with Gasteiger partial charge in [-0.2, -0.15) is 0 Å². The fourth-order valence-corrected chi connectivity index (χ4v) is 4.97. The van der Waals surface area contributed by atoms with E-state index < -0.39 is 13.3 Å². The van der Waals surface area contributed by atoms with Crippen molar-refractivity contribution in [2.75, 3.05) is 32.2 Å². The lowest BCUT2D eigenvalue weighted by atomic mass is 10.1. The SMILES string of the molecule is COc1cc(C(CNc2cnc(C)nc2C)P2(=O)OCCO2)cc(C)c1O. The molecule has 9 heteroatoms. The highest BCUT2D eigenvalue weighted by atomic mass is 31.2. The summed E-state index contributed by atoms with van der Waals surface area (Å²) >= 11 is 0. The van der Waals surface area contributed by atoms with E-state index in [1.165, 1.54) is 7.11 Å². The van der Waals surface area contributed by atoms with E-state index in [0.717, 1.165) is 11.4 Å². The van der Waals surface area contributed by atoms with Crippen LogP contribution in [0.1, 0.15) is 28.3 Å². The lowest BCUT2D eigenvalue weighted by Crippen LogP contribution is -2.15. The second-order valence-electron chi connectivity index (χ2n) is 6.41. The minimum atomic E-state index is -3.37. The zero-order valence-electron chi connectivity index (χ0n) is 15.9. The number of phenolic OH excluding ortho intramolecular Hbond substituents is 1. The highest BCUT2D eigenvalue weighted by Crippen LogP contribution is 2.63. The molecule has 0 aliphatic carbocycles. The van der Waals surface area contributed by atoms with Crippen molar-refractivity contribution in [3.8, 4) is 11.5 Å². The second kappa shape index (κ2) is 7.84. The van der Waals surface area contributed by atoms with Crippen LogP contribution in [0.2, 0.25) is 0 Å². The molecule has 2 N–H and O–H groups in total. The number of aromatic nitrogens is 2. The van der Waals surface area contributed by atoms with Gasteiger partial charge in [-0.3, -0.25) is 4.57 Å². The number of ether oxygens (including phenoxy) is 1. The Balaban J connectivity index is 1.95. The molecule has 27 heavy (non-hydrogen) atoms. The molecule has 146 valence electrons. The van der Waals surface area contributed by atoms with Crippen molar-refractivity contribution in [1.82, 2.24) is 9.97 Å². The molecule has 8 nitrogen and oxygen atoms in total. The summed E-state index contributed by atoms with van der Waals surface area (Å²) < 4.78 is 29.5. The number of hydrogen-bond acceptors (Lipinski definition) is 8. The third-order valence-corrected chi connectivity index (χ3v) is 6.81. The molecule has 0 bridgehead atoms. The fraction of sp³-hybridized carbons (Fsp3) is 0.444. The molecule has 1 aromatic heterocycles. The van der Waals surface area contributed by atoms with Crippen LogP contribution in [0.3, 0.4) is 0 Å². The number of benzene rings is 1. The summed E-state index contributed by atoms with van der Waals surface area (Å²) in [5.41, 5.74) is 2.29. The number of nitrogens with one attached hydrogen (secondary N) is 1. The van der Waals surface area contributed by atoms with Crippen LogP contribution < -0.4 is 10.1 Å². The van der Waals surface area contributed by atoms with Gasteiger partial charge in [-0.15, -0.1) is 0 Å². The van der Waals surface area contributed by atoms with Crippen LogP contribution in [0.5, 0.6) is 11.5 Å². The molecule has 1 fully saturated rings. The topological polar surface area (TPSA) is 103 Å². The maximum absolute atomic E-state index is 13.3. The molecule has 1 aliphatic rings. The molecular weight excluding hydrogens is 369 g/mol. The highest BCUT2D eigenvalue weighted by Gasteiger charge is 2.41. The molecule has 2 aromatic rings. The zero-order valence-corrected chi connectivity index (χ0v) is 16.7. The lowest BCUT2D eigenvalue weighted by Gasteiger charge is -2.24. The molecule has 2 heterocycles. The summed E-state index contributed by atoms with van der Waals surface area (Å²) in [4.78, 5) is 8.53. The molecule has 0 saturated carbocycles. The lowest BCUT2D eigenvalue weighted by molar-refractivity contribution is 0.339. The first-order chi connectivity index (χ1) is 12.8. The standard InChI is InChI=1S/C18H24N3O5P/c1-11-7-14(8-16(24-4)18(11)22)17(27(23)25-5-6-26-27)10-20-15-9-19-13(3)21-12(15)2/h7-9,17,20,22H,5-6,10H2,1-4H3. The predicted molar refractivity (Wildman–Crippen MR) is 102 cm³/mol. The Kier molecular flexibility index (Phi) is 5.69. The Hall–Kier alpha value is -2.15. The molecular formula is C18H24N3O5P.